The monoisotopic (exact) mass is 326 g/mol. The van der Waals surface area contributed by atoms with Crippen LogP contribution in [0.25, 0.3) is 0 Å². The lowest BCUT2D eigenvalue weighted by Gasteiger charge is -2.04. The molecular weight excluding hydrogens is 312 g/mol. The average Bonchev–Trinajstić information content (AvgIpc) is 2.61. The molecule has 2 aromatic rings. The van der Waals surface area contributed by atoms with Crippen molar-refractivity contribution in [1.29, 1.82) is 0 Å². The first-order chi connectivity index (χ1) is 11.6. The van der Waals surface area contributed by atoms with Gasteiger partial charge in [0.15, 0.2) is 0 Å². The number of hydrazine groups is 1. The van der Waals surface area contributed by atoms with Crippen LogP contribution < -0.4 is 10.9 Å². The summed E-state index contributed by atoms with van der Waals surface area (Å²) in [6, 6.07) is 16.2. The molecule has 2 amide bonds. The molecule has 0 aromatic heterocycles. The highest BCUT2D eigenvalue weighted by atomic mass is 16.5. The number of carbonyl (C=O) groups excluding carboxylic acids is 2. The Morgan fingerprint density at radius 3 is 1.38 bits per heavy atom. The van der Waals surface area contributed by atoms with E-state index >= 15 is 0 Å². The van der Waals surface area contributed by atoms with Crippen molar-refractivity contribution in [2.24, 2.45) is 0 Å². The quantitative estimate of drug-likeness (QED) is 0.377. The third-order valence-electron chi connectivity index (χ3n) is 2.80. The lowest BCUT2D eigenvalue weighted by Crippen LogP contribution is -2.44. The van der Waals surface area contributed by atoms with Gasteiger partial charge in [-0.1, -0.05) is 36.4 Å². The van der Waals surface area contributed by atoms with Crippen LogP contribution in [-0.4, -0.2) is 33.7 Å². The first kappa shape index (κ1) is 16.7. The molecule has 24 heavy (non-hydrogen) atoms. The maximum atomic E-state index is 11.7. The lowest BCUT2D eigenvalue weighted by atomic mass is 10.3. The van der Waals surface area contributed by atoms with Crippen molar-refractivity contribution >= 4 is 35.6 Å². The highest BCUT2D eigenvalue weighted by Gasteiger charge is 2.09. The summed E-state index contributed by atoms with van der Waals surface area (Å²) in [5, 5.41) is 23.4. The molecule has 0 spiro atoms. The van der Waals surface area contributed by atoms with Crippen molar-refractivity contribution in [2.45, 2.75) is 0 Å². The SMILES string of the molecule is O=C(/C=[N+](\[O-])c1ccccc1)NNC(=O)/C=[N+](\[O-])c1ccccc1. The van der Waals surface area contributed by atoms with Gasteiger partial charge in [-0.25, -0.2) is 0 Å². The summed E-state index contributed by atoms with van der Waals surface area (Å²) >= 11 is 0. The van der Waals surface area contributed by atoms with Gasteiger partial charge in [0.05, 0.1) is 0 Å². The third-order valence-corrected chi connectivity index (χ3v) is 2.80. The summed E-state index contributed by atoms with van der Waals surface area (Å²) in [7, 11) is 0. The summed E-state index contributed by atoms with van der Waals surface area (Å²) in [5.74, 6) is -1.68. The van der Waals surface area contributed by atoms with Gasteiger partial charge in [0.25, 0.3) is 0 Å². The standard InChI is InChI=1S/C16H14N4O4/c21-15(11-19(23)13-7-3-1-4-8-13)17-18-16(22)12-20(24)14-9-5-2-6-10-14/h1-12H,(H,17,21)(H,18,22)/b19-11-,20-12-. The molecule has 0 aliphatic carbocycles. The van der Waals surface area contributed by atoms with Crippen LogP contribution in [0.3, 0.4) is 0 Å². The number of hydrogen-bond donors (Lipinski definition) is 2. The van der Waals surface area contributed by atoms with Crippen molar-refractivity contribution in [2.75, 3.05) is 0 Å². The van der Waals surface area contributed by atoms with Gasteiger partial charge in [0.1, 0.15) is 0 Å². The molecule has 0 radical (unpaired) electrons. The highest BCUT2D eigenvalue weighted by Crippen LogP contribution is 2.08. The van der Waals surface area contributed by atoms with E-state index in [1.54, 1.807) is 36.4 Å². The Hall–Kier alpha value is -3.68. The van der Waals surface area contributed by atoms with Gasteiger partial charge in [-0.3, -0.25) is 20.4 Å². The minimum Gasteiger partial charge on any atom is -0.618 e. The number of benzene rings is 2. The van der Waals surface area contributed by atoms with Crippen LogP contribution in [0.2, 0.25) is 0 Å². The molecule has 0 atom stereocenters. The first-order valence-electron chi connectivity index (χ1n) is 6.89. The molecular formula is C16H14N4O4. The molecule has 8 heteroatoms. The fourth-order valence-corrected chi connectivity index (χ4v) is 1.70. The predicted octanol–water partition coefficient (Wildman–Crippen LogP) is 0.959. The van der Waals surface area contributed by atoms with Crippen LogP contribution >= 0.6 is 0 Å². The number of nitrogens with zero attached hydrogens (tertiary/aromatic N) is 2. The number of amides is 2. The Balaban J connectivity index is 1.91. The zero-order chi connectivity index (χ0) is 17.4. The molecule has 0 aliphatic heterocycles. The van der Waals surface area contributed by atoms with Crippen LogP contribution in [0.4, 0.5) is 11.4 Å². The van der Waals surface area contributed by atoms with E-state index in [2.05, 4.69) is 0 Å². The lowest BCUT2D eigenvalue weighted by molar-refractivity contribution is -0.354. The maximum absolute atomic E-state index is 11.7. The highest BCUT2D eigenvalue weighted by molar-refractivity contribution is 6.27. The maximum Gasteiger partial charge on any atom is 0.327 e. The van der Waals surface area contributed by atoms with E-state index < -0.39 is 11.8 Å². The molecule has 0 heterocycles. The van der Waals surface area contributed by atoms with Crippen molar-refractivity contribution in [3.63, 3.8) is 0 Å². The number of rotatable bonds is 4. The Morgan fingerprint density at radius 2 is 1.04 bits per heavy atom. The Bertz CT molecular complexity index is 706. The molecule has 0 unspecified atom stereocenters. The second-order valence-electron chi connectivity index (χ2n) is 4.56. The normalized spacial score (nSPS) is 11.7. The van der Waals surface area contributed by atoms with E-state index in [0.29, 0.717) is 9.48 Å². The van der Waals surface area contributed by atoms with Crippen molar-refractivity contribution < 1.29 is 19.1 Å². The van der Waals surface area contributed by atoms with Gasteiger partial charge in [-0.05, 0) is 0 Å². The van der Waals surface area contributed by atoms with Gasteiger partial charge in [-0.15, -0.1) is 0 Å². The topological polar surface area (TPSA) is 110 Å². The molecule has 2 aromatic carbocycles. The molecule has 2 rings (SSSR count). The van der Waals surface area contributed by atoms with Crippen LogP contribution in [0.1, 0.15) is 0 Å². The van der Waals surface area contributed by atoms with Crippen molar-refractivity contribution in [3.05, 3.63) is 71.1 Å². The van der Waals surface area contributed by atoms with Gasteiger partial charge < -0.3 is 10.4 Å². The van der Waals surface area contributed by atoms with E-state index in [1.165, 1.54) is 24.3 Å². The van der Waals surface area contributed by atoms with Gasteiger partial charge in [0.2, 0.25) is 23.8 Å². The van der Waals surface area contributed by atoms with Gasteiger partial charge >= 0.3 is 11.8 Å². The molecule has 0 saturated carbocycles. The van der Waals surface area contributed by atoms with E-state index in [-0.39, 0.29) is 11.4 Å². The predicted molar refractivity (Wildman–Crippen MR) is 87.9 cm³/mol. The van der Waals surface area contributed by atoms with Crippen LogP contribution in [0.5, 0.6) is 0 Å². The average molecular weight is 326 g/mol. The van der Waals surface area contributed by atoms with E-state index in [9.17, 15) is 20.0 Å². The summed E-state index contributed by atoms with van der Waals surface area (Å²) in [6.07, 6.45) is 1.45. The molecule has 2 N–H and O–H groups in total. The number of carbonyl (C=O) groups is 2. The molecule has 122 valence electrons. The summed E-state index contributed by atoms with van der Waals surface area (Å²) < 4.78 is 0.712. The largest absolute Gasteiger partial charge is 0.618 e. The second-order valence-corrected chi connectivity index (χ2v) is 4.56. The van der Waals surface area contributed by atoms with E-state index in [1.807, 2.05) is 10.9 Å². The molecule has 0 saturated heterocycles. The Labute approximate surface area is 137 Å². The summed E-state index contributed by atoms with van der Waals surface area (Å²) in [5.41, 5.74) is 4.54. The van der Waals surface area contributed by atoms with Crippen molar-refractivity contribution in [1.82, 2.24) is 10.9 Å². The van der Waals surface area contributed by atoms with Crippen LogP contribution in [0.15, 0.2) is 60.7 Å². The zero-order valence-corrected chi connectivity index (χ0v) is 12.5. The fourth-order valence-electron chi connectivity index (χ4n) is 1.70. The van der Waals surface area contributed by atoms with E-state index in [4.69, 9.17) is 0 Å². The van der Waals surface area contributed by atoms with Crippen LogP contribution in [0, 0.1) is 10.4 Å². The number of para-hydroxylation sites is 2. The first-order valence-corrected chi connectivity index (χ1v) is 6.89. The van der Waals surface area contributed by atoms with Crippen LogP contribution in [-0.2, 0) is 9.59 Å². The Kier molecular flexibility index (Phi) is 5.62. The Morgan fingerprint density at radius 1 is 0.708 bits per heavy atom. The number of nitrogens with one attached hydrogen (secondary N) is 2. The number of hydrogen-bond acceptors (Lipinski definition) is 4. The molecule has 8 nitrogen and oxygen atoms in total. The third kappa shape index (κ3) is 4.95. The molecule has 0 aliphatic rings. The van der Waals surface area contributed by atoms with Gasteiger partial charge in [0, 0.05) is 24.3 Å². The van der Waals surface area contributed by atoms with Gasteiger partial charge in [-0.2, -0.15) is 9.48 Å². The molecule has 0 bridgehead atoms. The minimum absolute atomic E-state index is 0.264. The second kappa shape index (κ2) is 8.08. The van der Waals surface area contributed by atoms with Crippen molar-refractivity contribution in [3.8, 4) is 0 Å². The summed E-state index contributed by atoms with van der Waals surface area (Å²) in [6.45, 7) is 0. The minimum atomic E-state index is -0.840. The summed E-state index contributed by atoms with van der Waals surface area (Å²) in [4.78, 5) is 23.1. The smallest absolute Gasteiger partial charge is 0.327 e. The molecule has 0 fully saturated rings. The fraction of sp³-hybridized carbons (Fsp3) is 0. The van der Waals surface area contributed by atoms with E-state index in [0.717, 1.165) is 12.4 Å². The zero-order valence-electron chi connectivity index (χ0n) is 12.5.